The number of aromatic nitrogens is 3. The van der Waals surface area contributed by atoms with Gasteiger partial charge < -0.3 is 26.4 Å². The number of halogens is 5. The zero-order valence-electron chi connectivity index (χ0n) is 22.0. The molecule has 2 aromatic heterocycles. The van der Waals surface area contributed by atoms with E-state index in [1.54, 1.807) is 10.6 Å². The average Bonchev–Trinajstić information content (AvgIpc) is 3.57. The molecule has 0 saturated carbocycles. The second kappa shape index (κ2) is 10.9. The highest BCUT2D eigenvalue weighted by atomic mass is 19.4. The fraction of sp³-hybridized carbons (Fsp3) is 0.259. The van der Waals surface area contributed by atoms with E-state index in [9.17, 15) is 32.3 Å². The van der Waals surface area contributed by atoms with Crippen molar-refractivity contribution in [1.82, 2.24) is 19.5 Å². The summed E-state index contributed by atoms with van der Waals surface area (Å²) in [6.07, 6.45) is -2.90. The van der Waals surface area contributed by atoms with Gasteiger partial charge >= 0.3 is 12.2 Å². The number of nitrogen functional groups attached to an aromatic ring is 1. The van der Waals surface area contributed by atoms with Crippen LogP contribution in [-0.2, 0) is 11.0 Å². The normalized spacial score (nSPS) is 15.3. The van der Waals surface area contributed by atoms with Gasteiger partial charge in [0.05, 0.1) is 16.9 Å². The molecular formula is C27H24F5N7O3. The molecule has 10 nitrogen and oxygen atoms in total. The van der Waals surface area contributed by atoms with Crippen LogP contribution < -0.4 is 16.4 Å². The summed E-state index contributed by atoms with van der Waals surface area (Å²) in [6, 6.07) is 5.59. The fourth-order valence-corrected chi connectivity index (χ4v) is 5.12. The van der Waals surface area contributed by atoms with Crippen LogP contribution in [0.4, 0.5) is 43.9 Å². The molecule has 5 N–H and O–H groups in total. The highest BCUT2D eigenvalue weighted by molar-refractivity contribution is 6.01. The van der Waals surface area contributed by atoms with Gasteiger partial charge in [-0.1, -0.05) is 6.07 Å². The number of aliphatic hydroxyl groups excluding tert-OH is 1. The number of carbonyl (C=O) groups excluding carboxylic acids is 2. The van der Waals surface area contributed by atoms with Crippen LogP contribution in [0.2, 0.25) is 0 Å². The van der Waals surface area contributed by atoms with Gasteiger partial charge in [0.15, 0.2) is 5.82 Å². The molecule has 220 valence electrons. The summed E-state index contributed by atoms with van der Waals surface area (Å²) < 4.78 is 70.6. The zero-order valence-corrected chi connectivity index (χ0v) is 22.0. The van der Waals surface area contributed by atoms with Gasteiger partial charge in [-0.05, 0) is 54.8 Å². The average molecular weight is 590 g/mol. The number of benzene rings is 2. The van der Waals surface area contributed by atoms with Crippen molar-refractivity contribution in [2.24, 2.45) is 0 Å². The molecule has 2 aromatic carbocycles. The number of urea groups is 1. The molecule has 1 aliphatic heterocycles. The van der Waals surface area contributed by atoms with Crippen molar-refractivity contribution >= 4 is 34.6 Å². The number of nitrogens with one attached hydrogen (secondary N) is 2. The first-order valence-electron chi connectivity index (χ1n) is 12.6. The molecule has 0 radical (unpaired) electrons. The van der Waals surface area contributed by atoms with Gasteiger partial charge in [0.25, 0.3) is 0 Å². The molecule has 1 aliphatic rings. The lowest BCUT2D eigenvalue weighted by Gasteiger charge is -2.16. The van der Waals surface area contributed by atoms with E-state index in [4.69, 9.17) is 5.73 Å². The van der Waals surface area contributed by atoms with Crippen LogP contribution in [0.5, 0.6) is 0 Å². The Morgan fingerprint density at radius 3 is 2.57 bits per heavy atom. The van der Waals surface area contributed by atoms with Crippen LogP contribution in [0.15, 0.2) is 42.7 Å². The molecule has 15 heteroatoms. The Balaban J connectivity index is 1.41. The molecule has 1 unspecified atom stereocenters. The summed E-state index contributed by atoms with van der Waals surface area (Å²) in [6.45, 7) is 1.19. The van der Waals surface area contributed by atoms with E-state index >= 15 is 4.39 Å². The number of carbonyl (C=O) groups is 2. The van der Waals surface area contributed by atoms with E-state index in [0.29, 0.717) is 54.0 Å². The number of nitrogens with zero attached hydrogens (tertiary/aromatic N) is 4. The second-order valence-electron chi connectivity index (χ2n) is 9.74. The molecule has 0 bridgehead atoms. The highest BCUT2D eigenvalue weighted by Gasteiger charge is 2.34. The van der Waals surface area contributed by atoms with E-state index in [-0.39, 0.29) is 17.4 Å². The van der Waals surface area contributed by atoms with Gasteiger partial charge in [0.1, 0.15) is 30.1 Å². The number of aliphatic hydroxyl groups is 1. The van der Waals surface area contributed by atoms with Crippen molar-refractivity contribution in [2.75, 3.05) is 36.1 Å². The summed E-state index contributed by atoms with van der Waals surface area (Å²) in [5.74, 6) is -2.40. The summed E-state index contributed by atoms with van der Waals surface area (Å²) in [5, 5.41) is 17.7. The van der Waals surface area contributed by atoms with Gasteiger partial charge in [0.2, 0.25) is 5.91 Å². The second-order valence-corrected chi connectivity index (χ2v) is 9.74. The number of alkyl halides is 3. The zero-order chi connectivity index (χ0) is 30.3. The maximum atomic E-state index is 15.2. The van der Waals surface area contributed by atoms with Crippen LogP contribution in [0, 0.1) is 18.6 Å². The van der Waals surface area contributed by atoms with Gasteiger partial charge in [-0.2, -0.15) is 18.3 Å². The van der Waals surface area contributed by atoms with Crippen molar-refractivity contribution in [3.05, 3.63) is 71.2 Å². The number of rotatable bonds is 5. The van der Waals surface area contributed by atoms with Crippen LogP contribution >= 0.6 is 0 Å². The Bertz CT molecular complexity index is 1710. The number of likely N-dealkylation sites (tertiary alicyclic amines) is 1. The molecule has 5 rings (SSSR count). The summed E-state index contributed by atoms with van der Waals surface area (Å²) in [5.41, 5.74) is 5.41. The van der Waals surface area contributed by atoms with Crippen LogP contribution in [0.25, 0.3) is 16.6 Å². The van der Waals surface area contributed by atoms with Crippen molar-refractivity contribution < 1.29 is 36.6 Å². The maximum Gasteiger partial charge on any atom is 0.416 e. The van der Waals surface area contributed by atoms with Gasteiger partial charge in [-0.25, -0.2) is 23.1 Å². The highest BCUT2D eigenvalue weighted by Crippen LogP contribution is 2.38. The lowest BCUT2D eigenvalue weighted by molar-refractivity contribution is -0.138. The van der Waals surface area contributed by atoms with Crippen molar-refractivity contribution in [1.29, 1.82) is 0 Å². The lowest BCUT2D eigenvalue weighted by Crippen LogP contribution is -2.30. The Morgan fingerprint density at radius 2 is 1.88 bits per heavy atom. The first-order chi connectivity index (χ1) is 19.9. The van der Waals surface area contributed by atoms with E-state index in [2.05, 4.69) is 15.4 Å². The van der Waals surface area contributed by atoms with Crippen LogP contribution in [0.1, 0.15) is 29.2 Å². The molecule has 1 atom stereocenters. The number of hydrogen-bond donors (Lipinski definition) is 4. The molecule has 3 heterocycles. The van der Waals surface area contributed by atoms with E-state index < -0.39 is 53.2 Å². The van der Waals surface area contributed by atoms with Crippen LogP contribution in [0.3, 0.4) is 0 Å². The monoisotopic (exact) mass is 589 g/mol. The van der Waals surface area contributed by atoms with Crippen molar-refractivity contribution in [3.8, 4) is 11.1 Å². The van der Waals surface area contributed by atoms with Crippen LogP contribution in [-0.4, -0.2) is 56.2 Å². The Labute approximate surface area is 234 Å². The molecule has 3 amide bonds. The third-order valence-corrected chi connectivity index (χ3v) is 7.19. The standard InChI is InChI=1S/C27H24F5N7O3/c1-13-17(27(30,31)32)3-4-18(28)23(13)37-26(42)36-20-5-2-14(8-19(20)29)16-9-21(39-24(16)25(33)34-12-35-39)15-6-7-38(10-15)22(41)11-40/h2-5,8-9,12,15,40H,6-7,10-11H2,1H3,(H2,33,34,35)(H2,36,37,42). The van der Waals surface area contributed by atoms with Gasteiger partial charge in [-0.15, -0.1) is 0 Å². The first-order valence-corrected chi connectivity index (χ1v) is 12.6. The molecule has 1 saturated heterocycles. The molecule has 0 spiro atoms. The molecular weight excluding hydrogens is 565 g/mol. The SMILES string of the molecule is Cc1c(C(F)(F)F)ccc(F)c1NC(=O)Nc1ccc(-c2cc(C3CCN(C(=O)CO)C3)n3ncnc(N)c23)cc1F. The minimum Gasteiger partial charge on any atom is -0.387 e. The van der Waals surface area contributed by atoms with Gasteiger partial charge in [-0.3, -0.25) is 4.79 Å². The van der Waals surface area contributed by atoms with Crippen molar-refractivity contribution in [2.45, 2.75) is 25.4 Å². The largest absolute Gasteiger partial charge is 0.416 e. The Hall–Kier alpha value is -4.79. The summed E-state index contributed by atoms with van der Waals surface area (Å²) in [7, 11) is 0. The van der Waals surface area contributed by atoms with E-state index in [1.807, 2.05) is 5.32 Å². The lowest BCUT2D eigenvalue weighted by atomic mass is 10.0. The van der Waals surface area contributed by atoms with Crippen molar-refractivity contribution in [3.63, 3.8) is 0 Å². The molecule has 42 heavy (non-hydrogen) atoms. The number of anilines is 3. The van der Waals surface area contributed by atoms with E-state index in [0.717, 1.165) is 13.0 Å². The Morgan fingerprint density at radius 1 is 1.12 bits per heavy atom. The Kier molecular flexibility index (Phi) is 7.45. The van der Waals surface area contributed by atoms with Gasteiger partial charge in [0, 0.05) is 30.3 Å². The number of fused-ring (bicyclic) bond motifs is 1. The summed E-state index contributed by atoms with van der Waals surface area (Å²) >= 11 is 0. The van der Waals surface area contributed by atoms with E-state index in [1.165, 1.54) is 23.4 Å². The number of amides is 3. The predicted molar refractivity (Wildman–Crippen MR) is 143 cm³/mol. The quantitative estimate of drug-likeness (QED) is 0.252. The molecule has 0 aliphatic carbocycles. The third kappa shape index (κ3) is 5.30. The topological polar surface area (TPSA) is 138 Å². The maximum absolute atomic E-state index is 15.2. The third-order valence-electron chi connectivity index (χ3n) is 7.19. The minimum absolute atomic E-state index is 0.119. The smallest absolute Gasteiger partial charge is 0.387 e. The number of nitrogens with two attached hydrogens (primary N) is 1. The summed E-state index contributed by atoms with van der Waals surface area (Å²) in [4.78, 5) is 30.0. The number of hydrogen-bond acceptors (Lipinski definition) is 6. The minimum atomic E-state index is -4.77. The fourth-order valence-electron chi connectivity index (χ4n) is 5.12. The molecule has 4 aromatic rings. The first kappa shape index (κ1) is 28.7. The molecule has 1 fully saturated rings. The predicted octanol–water partition coefficient (Wildman–Crippen LogP) is 4.54.